The average Bonchev–Trinajstić information content (AvgIpc) is 2.75. The van der Waals surface area contributed by atoms with Crippen LogP contribution < -0.4 is 10.1 Å². The van der Waals surface area contributed by atoms with E-state index in [4.69, 9.17) is 9.84 Å². The first kappa shape index (κ1) is 20.6. The van der Waals surface area contributed by atoms with Crippen LogP contribution in [0.4, 0.5) is 0 Å². The van der Waals surface area contributed by atoms with Crippen molar-refractivity contribution in [2.24, 2.45) is 11.8 Å². The van der Waals surface area contributed by atoms with Gasteiger partial charge >= 0.3 is 5.97 Å². The molecule has 7 heteroatoms. The largest absolute Gasteiger partial charge is 0.496 e. The number of carbonyl (C=O) groups is 3. The lowest BCUT2D eigenvalue weighted by Crippen LogP contribution is -2.44. The van der Waals surface area contributed by atoms with Crippen LogP contribution >= 0.6 is 0 Å². The molecular formula is C22H26N2O5. The Morgan fingerprint density at radius 3 is 2.41 bits per heavy atom. The van der Waals surface area contributed by atoms with Crippen molar-refractivity contribution in [2.75, 3.05) is 26.7 Å². The van der Waals surface area contributed by atoms with Crippen molar-refractivity contribution < 1.29 is 24.2 Å². The molecule has 2 aromatic rings. The molecule has 0 radical (unpaired) electrons. The molecule has 0 saturated carbocycles. The van der Waals surface area contributed by atoms with Crippen LogP contribution in [-0.2, 0) is 9.59 Å². The summed E-state index contributed by atoms with van der Waals surface area (Å²) in [6, 6.07) is 11.2. The summed E-state index contributed by atoms with van der Waals surface area (Å²) in [5.41, 5.74) is 0.625. The number of methoxy groups -OCH3 is 1. The molecule has 1 saturated heterocycles. The number of fused-ring (bicyclic) bond motifs is 1. The number of rotatable bonds is 6. The lowest BCUT2D eigenvalue weighted by molar-refractivity contribution is -0.141. The monoisotopic (exact) mass is 398 g/mol. The van der Waals surface area contributed by atoms with E-state index >= 15 is 0 Å². The number of piperidine rings is 1. The first-order valence-electron chi connectivity index (χ1n) is 9.78. The molecule has 1 heterocycles. The lowest BCUT2D eigenvalue weighted by atomic mass is 9.94. The van der Waals surface area contributed by atoms with E-state index in [-0.39, 0.29) is 24.3 Å². The Kier molecular flexibility index (Phi) is 6.36. The fourth-order valence-electron chi connectivity index (χ4n) is 3.64. The Bertz CT molecular complexity index is 919. The number of benzene rings is 2. The SMILES string of the molecule is COc1ccc(C(=O)N2CCC(C(=O)NC[C@H](C)C(=O)O)CC2)c2ccccc12. The van der Waals surface area contributed by atoms with Crippen LogP contribution in [0.25, 0.3) is 10.8 Å². The van der Waals surface area contributed by atoms with Crippen molar-refractivity contribution in [1.29, 1.82) is 0 Å². The Hall–Kier alpha value is -3.09. The van der Waals surface area contributed by atoms with Gasteiger partial charge in [-0.15, -0.1) is 0 Å². The highest BCUT2D eigenvalue weighted by Crippen LogP contribution is 2.30. The molecule has 0 unspecified atom stereocenters. The van der Waals surface area contributed by atoms with Gasteiger partial charge in [0.05, 0.1) is 13.0 Å². The molecule has 1 atom stereocenters. The van der Waals surface area contributed by atoms with Gasteiger partial charge in [0.1, 0.15) is 5.75 Å². The second-order valence-corrected chi connectivity index (χ2v) is 7.41. The number of carboxylic acid groups (broad SMARTS) is 1. The van der Waals surface area contributed by atoms with E-state index in [1.165, 1.54) is 0 Å². The van der Waals surface area contributed by atoms with Gasteiger partial charge in [-0.25, -0.2) is 0 Å². The Morgan fingerprint density at radius 2 is 1.79 bits per heavy atom. The number of aliphatic carboxylic acids is 1. The summed E-state index contributed by atoms with van der Waals surface area (Å²) in [5, 5.41) is 13.4. The second kappa shape index (κ2) is 8.94. The summed E-state index contributed by atoms with van der Waals surface area (Å²) in [6.07, 6.45) is 1.13. The van der Waals surface area contributed by atoms with Gasteiger partial charge in [-0.05, 0) is 30.4 Å². The molecular weight excluding hydrogens is 372 g/mol. The first-order valence-corrected chi connectivity index (χ1v) is 9.78. The number of carboxylic acids is 1. The number of likely N-dealkylation sites (tertiary alicyclic amines) is 1. The van der Waals surface area contributed by atoms with Crippen LogP contribution in [0.3, 0.4) is 0 Å². The molecule has 1 aliphatic heterocycles. The van der Waals surface area contributed by atoms with Crippen LogP contribution in [0, 0.1) is 11.8 Å². The summed E-state index contributed by atoms with van der Waals surface area (Å²) >= 11 is 0. The number of amides is 2. The van der Waals surface area contributed by atoms with E-state index in [0.717, 1.165) is 16.5 Å². The number of nitrogens with one attached hydrogen (secondary N) is 1. The van der Waals surface area contributed by atoms with Gasteiger partial charge in [0.25, 0.3) is 5.91 Å². The van der Waals surface area contributed by atoms with Gasteiger partial charge in [0, 0.05) is 36.5 Å². The molecule has 0 bridgehead atoms. The summed E-state index contributed by atoms with van der Waals surface area (Å²) in [7, 11) is 1.61. The van der Waals surface area contributed by atoms with Crippen molar-refractivity contribution in [3.63, 3.8) is 0 Å². The van der Waals surface area contributed by atoms with E-state index in [2.05, 4.69) is 5.32 Å². The normalized spacial score (nSPS) is 15.7. The number of hydrogen-bond donors (Lipinski definition) is 2. The number of hydrogen-bond acceptors (Lipinski definition) is 4. The van der Waals surface area contributed by atoms with Crippen LogP contribution in [0.1, 0.15) is 30.1 Å². The molecule has 2 amide bonds. The highest BCUT2D eigenvalue weighted by Gasteiger charge is 2.29. The number of ether oxygens (including phenoxy) is 1. The predicted molar refractivity (Wildman–Crippen MR) is 109 cm³/mol. The Labute approximate surface area is 169 Å². The Morgan fingerprint density at radius 1 is 1.14 bits per heavy atom. The molecule has 2 aromatic carbocycles. The molecule has 0 aromatic heterocycles. The molecule has 3 rings (SSSR count). The maximum Gasteiger partial charge on any atom is 0.308 e. The van der Waals surface area contributed by atoms with Crippen LogP contribution in [-0.4, -0.2) is 54.5 Å². The lowest BCUT2D eigenvalue weighted by Gasteiger charge is -2.32. The molecule has 1 aliphatic rings. The summed E-state index contributed by atoms with van der Waals surface area (Å²) in [5.74, 6) is -1.22. The second-order valence-electron chi connectivity index (χ2n) is 7.41. The molecule has 2 N–H and O–H groups in total. The van der Waals surface area contributed by atoms with Gasteiger partial charge in [-0.3, -0.25) is 14.4 Å². The molecule has 0 spiro atoms. The van der Waals surface area contributed by atoms with Crippen molar-refractivity contribution in [2.45, 2.75) is 19.8 Å². The van der Waals surface area contributed by atoms with Crippen molar-refractivity contribution >= 4 is 28.6 Å². The molecule has 29 heavy (non-hydrogen) atoms. The topological polar surface area (TPSA) is 95.9 Å². The minimum absolute atomic E-state index is 0.0535. The minimum Gasteiger partial charge on any atom is -0.496 e. The third-order valence-corrected chi connectivity index (χ3v) is 5.49. The van der Waals surface area contributed by atoms with Crippen LogP contribution in [0.15, 0.2) is 36.4 Å². The van der Waals surface area contributed by atoms with Gasteiger partial charge in [-0.1, -0.05) is 31.2 Å². The summed E-state index contributed by atoms with van der Waals surface area (Å²) in [4.78, 5) is 38.0. The fourth-order valence-corrected chi connectivity index (χ4v) is 3.64. The van der Waals surface area contributed by atoms with Crippen molar-refractivity contribution in [1.82, 2.24) is 10.2 Å². The maximum absolute atomic E-state index is 13.1. The van der Waals surface area contributed by atoms with E-state index in [9.17, 15) is 14.4 Å². The van der Waals surface area contributed by atoms with Crippen molar-refractivity contribution in [3.8, 4) is 5.75 Å². The van der Waals surface area contributed by atoms with Gasteiger partial charge in [-0.2, -0.15) is 0 Å². The average molecular weight is 398 g/mol. The molecule has 154 valence electrons. The Balaban J connectivity index is 1.64. The van der Waals surface area contributed by atoms with Crippen LogP contribution in [0.5, 0.6) is 5.75 Å². The summed E-state index contributed by atoms with van der Waals surface area (Å²) in [6.45, 7) is 2.66. The number of nitrogens with zero attached hydrogens (tertiary/aromatic N) is 1. The zero-order chi connectivity index (χ0) is 21.0. The smallest absolute Gasteiger partial charge is 0.308 e. The maximum atomic E-state index is 13.1. The standard InChI is InChI=1S/C22H26N2O5/c1-14(22(27)28)13-23-20(25)15-9-11-24(12-10-15)21(26)18-7-8-19(29-2)17-6-4-3-5-16(17)18/h3-8,14-15H,9-13H2,1-2H3,(H,23,25)(H,27,28)/t14-/m0/s1. The minimum atomic E-state index is -0.933. The third kappa shape index (κ3) is 4.50. The van der Waals surface area contributed by atoms with Gasteiger partial charge in [0.2, 0.25) is 5.91 Å². The predicted octanol–water partition coefficient (Wildman–Crippen LogP) is 2.54. The highest BCUT2D eigenvalue weighted by atomic mass is 16.5. The zero-order valence-corrected chi connectivity index (χ0v) is 16.7. The molecule has 0 aliphatic carbocycles. The zero-order valence-electron chi connectivity index (χ0n) is 16.7. The van der Waals surface area contributed by atoms with Gasteiger partial charge < -0.3 is 20.1 Å². The van der Waals surface area contributed by atoms with E-state index in [1.807, 2.05) is 24.3 Å². The molecule has 7 nitrogen and oxygen atoms in total. The third-order valence-electron chi connectivity index (χ3n) is 5.49. The van der Waals surface area contributed by atoms with E-state index in [0.29, 0.717) is 31.5 Å². The van der Waals surface area contributed by atoms with Gasteiger partial charge in [0.15, 0.2) is 0 Å². The highest BCUT2D eigenvalue weighted by molar-refractivity contribution is 6.08. The first-order chi connectivity index (χ1) is 13.9. The van der Waals surface area contributed by atoms with Crippen LogP contribution in [0.2, 0.25) is 0 Å². The van der Waals surface area contributed by atoms with E-state index in [1.54, 1.807) is 31.1 Å². The van der Waals surface area contributed by atoms with E-state index < -0.39 is 11.9 Å². The quantitative estimate of drug-likeness (QED) is 0.780. The fraction of sp³-hybridized carbons (Fsp3) is 0.409. The number of carbonyl (C=O) groups excluding carboxylic acids is 2. The van der Waals surface area contributed by atoms with Crippen molar-refractivity contribution in [3.05, 3.63) is 42.0 Å². The molecule has 1 fully saturated rings. The summed E-state index contributed by atoms with van der Waals surface area (Å²) < 4.78 is 5.40.